The SMILES string of the molecule is CCOC(=O)c1cc2ncn(C)c2cc1Cl. The molecule has 1 aromatic heterocycles. The molecule has 0 atom stereocenters. The molecule has 0 amide bonds. The number of halogens is 1. The number of rotatable bonds is 2. The molecule has 0 N–H and O–H groups in total. The first-order valence-corrected chi connectivity index (χ1v) is 5.29. The summed E-state index contributed by atoms with van der Waals surface area (Å²) >= 11 is 6.02. The first kappa shape index (κ1) is 11.0. The highest BCUT2D eigenvalue weighted by Crippen LogP contribution is 2.23. The molecule has 0 saturated carbocycles. The molecule has 0 spiro atoms. The van der Waals surface area contributed by atoms with Crippen molar-refractivity contribution in [1.29, 1.82) is 0 Å². The zero-order chi connectivity index (χ0) is 11.7. The fourth-order valence-electron chi connectivity index (χ4n) is 1.51. The molecule has 0 aliphatic heterocycles. The zero-order valence-electron chi connectivity index (χ0n) is 9.03. The Morgan fingerprint density at radius 2 is 2.31 bits per heavy atom. The van der Waals surface area contributed by atoms with E-state index in [1.54, 1.807) is 25.4 Å². The Bertz CT molecular complexity index is 548. The summed E-state index contributed by atoms with van der Waals surface area (Å²) in [6, 6.07) is 3.37. The second-order valence-electron chi connectivity index (χ2n) is 3.40. The number of fused-ring (bicyclic) bond motifs is 1. The summed E-state index contributed by atoms with van der Waals surface area (Å²) in [4.78, 5) is 15.7. The Hall–Kier alpha value is -1.55. The predicted octanol–water partition coefficient (Wildman–Crippen LogP) is 2.40. The maximum absolute atomic E-state index is 11.6. The van der Waals surface area contributed by atoms with Gasteiger partial charge in [0.25, 0.3) is 0 Å². The quantitative estimate of drug-likeness (QED) is 0.755. The van der Waals surface area contributed by atoms with Gasteiger partial charge in [0.15, 0.2) is 0 Å². The minimum Gasteiger partial charge on any atom is -0.462 e. The standard InChI is InChI=1S/C11H11ClN2O2/c1-3-16-11(15)7-4-9-10(5-8(7)12)14(2)6-13-9/h4-6H,3H2,1-2H3. The summed E-state index contributed by atoms with van der Waals surface area (Å²) in [5, 5.41) is 0.384. The molecule has 0 aliphatic rings. The number of hydrogen-bond donors (Lipinski definition) is 0. The molecule has 5 heteroatoms. The van der Waals surface area contributed by atoms with E-state index in [-0.39, 0.29) is 0 Å². The monoisotopic (exact) mass is 238 g/mol. The number of benzene rings is 1. The third kappa shape index (κ3) is 1.76. The number of hydrogen-bond acceptors (Lipinski definition) is 3. The lowest BCUT2D eigenvalue weighted by molar-refractivity contribution is 0.0527. The van der Waals surface area contributed by atoms with Crippen molar-refractivity contribution in [2.75, 3.05) is 6.61 Å². The predicted molar refractivity (Wildman–Crippen MR) is 61.7 cm³/mol. The fourth-order valence-corrected chi connectivity index (χ4v) is 1.75. The van der Waals surface area contributed by atoms with Gasteiger partial charge in [0.05, 0.1) is 34.6 Å². The minimum atomic E-state index is -0.417. The van der Waals surface area contributed by atoms with Crippen LogP contribution in [-0.2, 0) is 11.8 Å². The van der Waals surface area contributed by atoms with Gasteiger partial charge in [0.1, 0.15) is 0 Å². The van der Waals surface area contributed by atoms with Crippen LogP contribution in [0, 0.1) is 0 Å². The summed E-state index contributed by atoms with van der Waals surface area (Å²) in [7, 11) is 1.87. The molecule has 0 radical (unpaired) electrons. The van der Waals surface area contributed by atoms with E-state index in [0.29, 0.717) is 17.2 Å². The Labute approximate surface area is 97.8 Å². The average molecular weight is 239 g/mol. The first-order chi connectivity index (χ1) is 7.63. The van der Waals surface area contributed by atoms with E-state index in [4.69, 9.17) is 16.3 Å². The highest BCUT2D eigenvalue weighted by atomic mass is 35.5. The van der Waals surface area contributed by atoms with Gasteiger partial charge in [-0.1, -0.05) is 11.6 Å². The molecule has 2 aromatic rings. The van der Waals surface area contributed by atoms with Crippen LogP contribution in [0.1, 0.15) is 17.3 Å². The number of esters is 1. The van der Waals surface area contributed by atoms with Crippen molar-refractivity contribution < 1.29 is 9.53 Å². The van der Waals surface area contributed by atoms with E-state index in [1.807, 2.05) is 11.6 Å². The smallest absolute Gasteiger partial charge is 0.339 e. The van der Waals surface area contributed by atoms with Gasteiger partial charge in [-0.15, -0.1) is 0 Å². The fraction of sp³-hybridized carbons (Fsp3) is 0.273. The van der Waals surface area contributed by atoms with E-state index >= 15 is 0 Å². The Morgan fingerprint density at radius 1 is 1.56 bits per heavy atom. The second kappa shape index (κ2) is 4.14. The number of carbonyl (C=O) groups excluding carboxylic acids is 1. The number of nitrogens with zero attached hydrogens (tertiary/aromatic N) is 2. The molecule has 0 unspecified atom stereocenters. The number of aromatic nitrogens is 2. The summed E-state index contributed by atoms with van der Waals surface area (Å²) in [5.74, 6) is -0.417. The van der Waals surface area contributed by atoms with Crippen molar-refractivity contribution >= 4 is 28.6 Å². The highest BCUT2D eigenvalue weighted by Gasteiger charge is 2.14. The molecule has 1 heterocycles. The van der Waals surface area contributed by atoms with Crippen LogP contribution < -0.4 is 0 Å². The van der Waals surface area contributed by atoms with Gasteiger partial charge in [-0.2, -0.15) is 0 Å². The topological polar surface area (TPSA) is 44.1 Å². The lowest BCUT2D eigenvalue weighted by atomic mass is 10.2. The summed E-state index contributed by atoms with van der Waals surface area (Å²) in [6.07, 6.45) is 1.68. The molecule has 16 heavy (non-hydrogen) atoms. The van der Waals surface area contributed by atoms with Crippen LogP contribution in [0.5, 0.6) is 0 Å². The second-order valence-corrected chi connectivity index (χ2v) is 3.80. The molecule has 1 aromatic carbocycles. The molecule has 0 bridgehead atoms. The van der Waals surface area contributed by atoms with Crippen molar-refractivity contribution in [1.82, 2.24) is 9.55 Å². The highest BCUT2D eigenvalue weighted by molar-refractivity contribution is 6.34. The molecule has 0 aliphatic carbocycles. The third-order valence-electron chi connectivity index (χ3n) is 2.31. The van der Waals surface area contributed by atoms with Crippen LogP contribution in [-0.4, -0.2) is 22.1 Å². The van der Waals surface area contributed by atoms with Crippen molar-refractivity contribution in [3.8, 4) is 0 Å². The first-order valence-electron chi connectivity index (χ1n) is 4.91. The van der Waals surface area contributed by atoms with E-state index in [1.165, 1.54) is 0 Å². The molecule has 2 rings (SSSR count). The van der Waals surface area contributed by atoms with Gasteiger partial charge < -0.3 is 9.30 Å². The van der Waals surface area contributed by atoms with Crippen LogP contribution >= 0.6 is 11.6 Å². The maximum Gasteiger partial charge on any atom is 0.339 e. The molecular weight excluding hydrogens is 228 g/mol. The average Bonchev–Trinajstić information content (AvgIpc) is 2.59. The van der Waals surface area contributed by atoms with Crippen molar-refractivity contribution in [3.05, 3.63) is 29.0 Å². The van der Waals surface area contributed by atoms with E-state index in [0.717, 1.165) is 11.0 Å². The molecule has 84 valence electrons. The third-order valence-corrected chi connectivity index (χ3v) is 2.62. The van der Waals surface area contributed by atoms with Crippen LogP contribution in [0.3, 0.4) is 0 Å². The molecular formula is C11H11ClN2O2. The minimum absolute atomic E-state index is 0.329. The Balaban J connectivity index is 2.54. The summed E-state index contributed by atoms with van der Waals surface area (Å²) in [5.41, 5.74) is 1.97. The Kier molecular flexibility index (Phi) is 2.83. The van der Waals surface area contributed by atoms with E-state index in [9.17, 15) is 4.79 Å². The lowest BCUT2D eigenvalue weighted by Gasteiger charge is -2.04. The van der Waals surface area contributed by atoms with E-state index < -0.39 is 5.97 Å². The summed E-state index contributed by atoms with van der Waals surface area (Å²) in [6.45, 7) is 2.08. The number of aryl methyl sites for hydroxylation is 1. The van der Waals surface area contributed by atoms with Gasteiger partial charge in [-0.05, 0) is 19.1 Å². The van der Waals surface area contributed by atoms with Crippen LogP contribution in [0.15, 0.2) is 18.5 Å². The van der Waals surface area contributed by atoms with Crippen molar-refractivity contribution in [3.63, 3.8) is 0 Å². The van der Waals surface area contributed by atoms with Crippen LogP contribution in [0.2, 0.25) is 5.02 Å². The maximum atomic E-state index is 11.6. The van der Waals surface area contributed by atoms with Gasteiger partial charge in [0.2, 0.25) is 0 Å². The van der Waals surface area contributed by atoms with Gasteiger partial charge >= 0.3 is 5.97 Å². The van der Waals surface area contributed by atoms with Crippen molar-refractivity contribution in [2.24, 2.45) is 7.05 Å². The summed E-state index contributed by atoms with van der Waals surface area (Å²) < 4.78 is 6.75. The molecule has 4 nitrogen and oxygen atoms in total. The molecule has 0 fully saturated rings. The van der Waals surface area contributed by atoms with Crippen LogP contribution in [0.4, 0.5) is 0 Å². The normalized spacial score (nSPS) is 10.7. The molecule has 0 saturated heterocycles. The number of imidazole rings is 1. The number of ether oxygens (including phenoxy) is 1. The van der Waals surface area contributed by atoms with E-state index in [2.05, 4.69) is 4.98 Å². The Morgan fingerprint density at radius 3 is 3.00 bits per heavy atom. The van der Waals surface area contributed by atoms with Gasteiger partial charge in [-0.25, -0.2) is 9.78 Å². The van der Waals surface area contributed by atoms with Crippen LogP contribution in [0.25, 0.3) is 11.0 Å². The lowest BCUT2D eigenvalue weighted by Crippen LogP contribution is -2.05. The number of carbonyl (C=O) groups is 1. The van der Waals surface area contributed by atoms with Crippen molar-refractivity contribution in [2.45, 2.75) is 6.92 Å². The zero-order valence-corrected chi connectivity index (χ0v) is 9.78. The largest absolute Gasteiger partial charge is 0.462 e. The van der Waals surface area contributed by atoms with Gasteiger partial charge in [0, 0.05) is 7.05 Å². The van der Waals surface area contributed by atoms with Gasteiger partial charge in [-0.3, -0.25) is 0 Å².